The molecule has 3 rings (SSSR count). The van der Waals surface area contributed by atoms with Crippen molar-refractivity contribution in [3.05, 3.63) is 77.4 Å². The first-order chi connectivity index (χ1) is 15.8. The number of allylic oxidation sites excluding steroid dienone is 2. The van der Waals surface area contributed by atoms with Crippen molar-refractivity contribution < 1.29 is 14.0 Å². The van der Waals surface area contributed by atoms with E-state index in [2.05, 4.69) is 10.3 Å². The van der Waals surface area contributed by atoms with Crippen LogP contribution in [0, 0.1) is 5.82 Å². The van der Waals surface area contributed by atoms with Gasteiger partial charge in [-0.2, -0.15) is 0 Å². The van der Waals surface area contributed by atoms with Gasteiger partial charge in [0.05, 0.1) is 11.8 Å². The molecule has 7 heteroatoms. The Bertz CT molecular complexity index is 1020. The van der Waals surface area contributed by atoms with Crippen molar-refractivity contribution in [1.29, 1.82) is 0 Å². The van der Waals surface area contributed by atoms with Crippen LogP contribution in [-0.4, -0.2) is 52.6 Å². The summed E-state index contributed by atoms with van der Waals surface area (Å²) in [6.45, 7) is 6.64. The Kier molecular flexibility index (Phi) is 8.46. The van der Waals surface area contributed by atoms with Crippen molar-refractivity contribution in [3.63, 3.8) is 0 Å². The number of benzene rings is 1. The first-order valence-electron chi connectivity index (χ1n) is 11.2. The van der Waals surface area contributed by atoms with E-state index in [-0.39, 0.29) is 29.7 Å². The number of carbonyl (C=O) groups excluding carboxylic acids is 2. The highest BCUT2D eigenvalue weighted by atomic mass is 19.1. The van der Waals surface area contributed by atoms with Crippen molar-refractivity contribution in [2.24, 2.45) is 4.99 Å². The predicted octanol–water partition coefficient (Wildman–Crippen LogP) is 3.71. The van der Waals surface area contributed by atoms with Gasteiger partial charge in [-0.1, -0.05) is 17.7 Å². The summed E-state index contributed by atoms with van der Waals surface area (Å²) in [5, 5.41) is 2.88. The lowest BCUT2D eigenvalue weighted by atomic mass is 10.0. The molecule has 1 aliphatic rings. The molecule has 1 N–H and O–H groups in total. The van der Waals surface area contributed by atoms with Gasteiger partial charge in [-0.15, -0.1) is 0 Å². The van der Waals surface area contributed by atoms with E-state index in [1.165, 1.54) is 19.1 Å². The van der Waals surface area contributed by atoms with Gasteiger partial charge in [-0.05, 0) is 62.6 Å². The third kappa shape index (κ3) is 7.63. The molecular formula is C26H31FN4O2. The fourth-order valence-electron chi connectivity index (χ4n) is 3.98. The van der Waals surface area contributed by atoms with Crippen LogP contribution >= 0.6 is 0 Å². The number of aromatic nitrogens is 1. The molecule has 1 aliphatic heterocycles. The molecule has 174 valence electrons. The fraction of sp³-hybridized carbons (Fsp3) is 0.385. The minimum absolute atomic E-state index is 0.0229. The maximum atomic E-state index is 13.2. The zero-order valence-electron chi connectivity index (χ0n) is 19.4. The van der Waals surface area contributed by atoms with Crippen LogP contribution in [0.3, 0.4) is 0 Å². The zero-order valence-corrected chi connectivity index (χ0v) is 19.4. The molecule has 0 radical (unpaired) electrons. The van der Waals surface area contributed by atoms with Crippen LogP contribution in [0.5, 0.6) is 0 Å². The Morgan fingerprint density at radius 2 is 1.91 bits per heavy atom. The van der Waals surface area contributed by atoms with Crippen LogP contribution < -0.4 is 5.32 Å². The van der Waals surface area contributed by atoms with Crippen molar-refractivity contribution in [2.45, 2.75) is 52.1 Å². The zero-order chi connectivity index (χ0) is 23.8. The molecular weight excluding hydrogens is 419 g/mol. The highest BCUT2D eigenvalue weighted by Gasteiger charge is 2.27. The molecule has 0 saturated carbocycles. The maximum absolute atomic E-state index is 13.2. The monoisotopic (exact) mass is 450 g/mol. The summed E-state index contributed by atoms with van der Waals surface area (Å²) in [5.74, 6) is -0.281. The normalized spacial score (nSPS) is 17.7. The van der Waals surface area contributed by atoms with Gasteiger partial charge >= 0.3 is 0 Å². The molecule has 0 spiro atoms. The number of aliphatic imine (C=N–C) groups is 1. The fourth-order valence-corrected chi connectivity index (χ4v) is 3.98. The predicted molar refractivity (Wildman–Crippen MR) is 128 cm³/mol. The minimum Gasteiger partial charge on any atom is -0.352 e. The lowest BCUT2D eigenvalue weighted by Gasteiger charge is -2.18. The van der Waals surface area contributed by atoms with Crippen LogP contribution in [0.15, 0.2) is 65.4 Å². The van der Waals surface area contributed by atoms with Gasteiger partial charge in [0.15, 0.2) is 0 Å². The molecule has 1 fully saturated rings. The number of hydrogen-bond acceptors (Lipinski definition) is 4. The Morgan fingerprint density at radius 3 is 2.58 bits per heavy atom. The lowest BCUT2D eigenvalue weighted by Crippen LogP contribution is -2.37. The van der Waals surface area contributed by atoms with E-state index in [1.54, 1.807) is 29.4 Å². The van der Waals surface area contributed by atoms with Crippen LogP contribution in [0.2, 0.25) is 0 Å². The standard InChI is InChI=1S/C26H31FN4O2/c1-18(14-21-4-6-23(27)7-5-21)15-25(22-8-11-28-12-9-22)29-19(2)16-26(33)31-13-10-24(17-31)30-20(3)32/h4-9,11-12,15,19,24H,10,13-14,16-17H2,1-3H3,(H,30,32)/b18-15+,29-25+/t19?,24-/m1/s1. The van der Waals surface area contributed by atoms with Crippen molar-refractivity contribution in [2.75, 3.05) is 13.1 Å². The number of halogens is 1. The van der Waals surface area contributed by atoms with Gasteiger partial charge in [-0.25, -0.2) is 4.39 Å². The smallest absolute Gasteiger partial charge is 0.224 e. The van der Waals surface area contributed by atoms with Crippen molar-refractivity contribution >= 4 is 17.5 Å². The number of likely N-dealkylation sites (tertiary alicyclic amines) is 1. The molecule has 2 amide bonds. The van der Waals surface area contributed by atoms with Crippen LogP contribution in [-0.2, 0) is 16.0 Å². The van der Waals surface area contributed by atoms with Crippen molar-refractivity contribution in [1.82, 2.24) is 15.2 Å². The van der Waals surface area contributed by atoms with E-state index in [4.69, 9.17) is 4.99 Å². The summed E-state index contributed by atoms with van der Waals surface area (Å²) in [5.41, 5.74) is 3.81. The molecule has 2 atom stereocenters. The number of pyridine rings is 1. The number of amides is 2. The largest absolute Gasteiger partial charge is 0.352 e. The van der Waals surface area contributed by atoms with Crippen LogP contribution in [0.1, 0.15) is 44.7 Å². The molecule has 0 aliphatic carbocycles. The lowest BCUT2D eigenvalue weighted by molar-refractivity contribution is -0.130. The third-order valence-corrected chi connectivity index (χ3v) is 5.53. The van der Waals surface area contributed by atoms with Gasteiger partial charge in [0.1, 0.15) is 5.82 Å². The van der Waals surface area contributed by atoms with Crippen molar-refractivity contribution in [3.8, 4) is 0 Å². The molecule has 33 heavy (non-hydrogen) atoms. The van der Waals surface area contributed by atoms with Gasteiger partial charge in [0, 0.05) is 50.4 Å². The topological polar surface area (TPSA) is 74.7 Å². The Morgan fingerprint density at radius 1 is 1.21 bits per heavy atom. The SMILES string of the molecule is CC(=O)N[C@@H]1CCN(C(=O)CC(C)/N=C(\C=C(/C)Cc2ccc(F)cc2)c2ccncc2)C1. The maximum Gasteiger partial charge on any atom is 0.224 e. The van der Waals surface area contributed by atoms with E-state index in [9.17, 15) is 14.0 Å². The van der Waals surface area contributed by atoms with Gasteiger partial charge in [0.25, 0.3) is 0 Å². The average Bonchev–Trinajstić information content (AvgIpc) is 3.23. The number of nitrogens with zero attached hydrogens (tertiary/aromatic N) is 3. The summed E-state index contributed by atoms with van der Waals surface area (Å²) in [6.07, 6.45) is 7.20. The van der Waals surface area contributed by atoms with E-state index < -0.39 is 0 Å². The summed E-state index contributed by atoms with van der Waals surface area (Å²) in [6, 6.07) is 10.1. The second-order valence-corrected chi connectivity index (χ2v) is 8.62. The van der Waals surface area contributed by atoms with E-state index in [0.29, 0.717) is 25.9 Å². The molecule has 6 nitrogen and oxygen atoms in total. The second-order valence-electron chi connectivity index (χ2n) is 8.62. The molecule has 1 saturated heterocycles. The Labute approximate surface area is 194 Å². The summed E-state index contributed by atoms with van der Waals surface area (Å²) in [7, 11) is 0. The van der Waals surface area contributed by atoms with Crippen LogP contribution in [0.25, 0.3) is 0 Å². The summed E-state index contributed by atoms with van der Waals surface area (Å²) < 4.78 is 13.2. The second kappa shape index (κ2) is 11.5. The number of carbonyl (C=O) groups is 2. The van der Waals surface area contributed by atoms with E-state index in [1.807, 2.05) is 32.1 Å². The molecule has 1 aromatic carbocycles. The first-order valence-corrected chi connectivity index (χ1v) is 11.2. The highest BCUT2D eigenvalue weighted by Crippen LogP contribution is 2.15. The van der Waals surface area contributed by atoms with E-state index >= 15 is 0 Å². The number of hydrogen-bond donors (Lipinski definition) is 1. The van der Waals surface area contributed by atoms with Gasteiger partial charge in [0.2, 0.25) is 11.8 Å². The molecule has 0 bridgehead atoms. The third-order valence-electron chi connectivity index (χ3n) is 5.53. The first kappa shape index (κ1) is 24.3. The summed E-state index contributed by atoms with van der Waals surface area (Å²) in [4.78, 5) is 34.8. The Hall–Kier alpha value is -3.35. The quantitative estimate of drug-likeness (QED) is 0.623. The Balaban J connectivity index is 1.71. The average molecular weight is 451 g/mol. The molecule has 2 heterocycles. The molecule has 2 aromatic rings. The van der Waals surface area contributed by atoms with Gasteiger partial charge < -0.3 is 10.2 Å². The highest BCUT2D eigenvalue weighted by molar-refractivity contribution is 6.09. The summed E-state index contributed by atoms with van der Waals surface area (Å²) >= 11 is 0. The minimum atomic E-state index is -0.251. The van der Waals surface area contributed by atoms with Crippen LogP contribution in [0.4, 0.5) is 4.39 Å². The van der Waals surface area contributed by atoms with E-state index in [0.717, 1.165) is 28.8 Å². The molecule has 1 aromatic heterocycles. The number of rotatable bonds is 8. The van der Waals surface area contributed by atoms with Gasteiger partial charge in [-0.3, -0.25) is 19.6 Å². The molecule has 1 unspecified atom stereocenters. The number of nitrogens with one attached hydrogen (secondary N) is 1.